The minimum atomic E-state index is -1.15. The Balaban J connectivity index is 0.00000121. The molecule has 0 aliphatic heterocycles. The van der Waals surface area contributed by atoms with Crippen molar-refractivity contribution in [2.24, 2.45) is 0 Å². The monoisotopic (exact) mass is 280 g/mol. The van der Waals surface area contributed by atoms with Gasteiger partial charge in [0, 0.05) is 0 Å². The van der Waals surface area contributed by atoms with Gasteiger partial charge in [-0.05, 0) is 11.1 Å². The van der Waals surface area contributed by atoms with Crippen LogP contribution in [0.4, 0.5) is 0 Å². The summed E-state index contributed by atoms with van der Waals surface area (Å²) in [4.78, 5) is 10.3. The fourth-order valence-corrected chi connectivity index (χ4v) is 0.755. The Labute approximate surface area is 130 Å². The van der Waals surface area contributed by atoms with Crippen molar-refractivity contribution in [3.8, 4) is 0 Å². The topological polar surface area (TPSA) is 40.1 Å². The van der Waals surface area contributed by atoms with E-state index < -0.39 is 5.97 Å². The van der Waals surface area contributed by atoms with Gasteiger partial charge in [-0.25, -0.2) is 0 Å². The molecular weight excluding hydrogens is 273 g/mol. The number of hydrogen-bond donors (Lipinski definition) is 0. The number of rotatable bonds is 2. The Hall–Kier alpha value is 0.482. The average Bonchev–Trinajstić information content (AvgIpc) is 2.05. The number of carboxylic acids is 1. The summed E-state index contributed by atoms with van der Waals surface area (Å²) in [7, 11) is 0. The van der Waals surface area contributed by atoms with E-state index in [0.29, 0.717) is 0 Å². The molecule has 0 saturated carbocycles. The smallest absolute Gasteiger partial charge is 0.545 e. The second-order valence-corrected chi connectivity index (χ2v) is 2.11. The maximum atomic E-state index is 10.3. The quantitative estimate of drug-likeness (QED) is 0.611. The fourth-order valence-electron chi connectivity index (χ4n) is 0.755. The van der Waals surface area contributed by atoms with Gasteiger partial charge in [-0.2, -0.15) is 0 Å². The van der Waals surface area contributed by atoms with Crippen molar-refractivity contribution in [1.82, 2.24) is 0 Å². The van der Waals surface area contributed by atoms with Crippen molar-refractivity contribution in [2.75, 3.05) is 0 Å². The number of benzene rings is 1. The summed E-state index contributed by atoms with van der Waals surface area (Å²) < 4.78 is 0. The fraction of sp³-hybridized carbons (Fsp3) is 0. The molecule has 1 aromatic carbocycles. The first-order valence-corrected chi connectivity index (χ1v) is 3.18. The first-order chi connectivity index (χ1) is 5.24. The molecule has 0 atom stereocenters. The van der Waals surface area contributed by atoms with Crippen LogP contribution in [0.15, 0.2) is 30.8 Å². The number of carbonyl (C=O) groups excluding carboxylic acids is 1. The van der Waals surface area contributed by atoms with Crippen LogP contribution in [0.1, 0.15) is 15.9 Å². The van der Waals surface area contributed by atoms with Gasteiger partial charge in [-0.3, -0.25) is 0 Å². The van der Waals surface area contributed by atoms with E-state index in [9.17, 15) is 9.90 Å². The van der Waals surface area contributed by atoms with Crippen LogP contribution in [0.3, 0.4) is 0 Å². The number of carboxylic acid groups (broad SMARTS) is 1. The van der Waals surface area contributed by atoms with Gasteiger partial charge < -0.3 is 9.90 Å². The van der Waals surface area contributed by atoms with E-state index in [1.54, 1.807) is 18.2 Å². The zero-order chi connectivity index (χ0) is 8.27. The Morgan fingerprint density at radius 1 is 1.33 bits per heavy atom. The molecule has 0 bridgehead atoms. The van der Waals surface area contributed by atoms with Crippen LogP contribution >= 0.6 is 0 Å². The third-order valence-electron chi connectivity index (χ3n) is 1.38. The molecule has 3 heteroatoms. The zero-order valence-corrected chi connectivity index (χ0v) is 13.2. The molecule has 0 N–H and O–H groups in total. The molecule has 0 radical (unpaired) electrons. The van der Waals surface area contributed by atoms with Gasteiger partial charge in [0.05, 0.1) is 5.97 Å². The summed E-state index contributed by atoms with van der Waals surface area (Å²) in [5.41, 5.74) is 1.09. The second kappa shape index (κ2) is 6.02. The first-order valence-electron chi connectivity index (χ1n) is 3.18. The third kappa shape index (κ3) is 3.47. The molecule has 0 fully saturated rings. The molecule has 0 saturated heterocycles. The number of hydrogen-bond acceptors (Lipinski definition) is 2. The normalized spacial score (nSPS) is 8.33. The maximum absolute atomic E-state index is 10.3. The summed E-state index contributed by atoms with van der Waals surface area (Å²) in [6.07, 6.45) is 1.65. The minimum Gasteiger partial charge on any atom is -0.545 e. The molecule has 1 aromatic rings. The molecule has 0 aromatic heterocycles. The molecular formula is C9H7CsO2. The van der Waals surface area contributed by atoms with Gasteiger partial charge in [0.15, 0.2) is 0 Å². The summed E-state index contributed by atoms with van der Waals surface area (Å²) >= 11 is 0. The third-order valence-corrected chi connectivity index (χ3v) is 1.38. The molecule has 0 unspecified atom stereocenters. The van der Waals surface area contributed by atoms with E-state index in [2.05, 4.69) is 6.58 Å². The van der Waals surface area contributed by atoms with Crippen molar-refractivity contribution >= 4 is 12.0 Å². The summed E-state index contributed by atoms with van der Waals surface area (Å²) in [5.74, 6) is -1.15. The zero-order valence-electron chi connectivity index (χ0n) is 6.91. The van der Waals surface area contributed by atoms with Crippen molar-refractivity contribution < 1.29 is 78.8 Å². The standard InChI is InChI=1S/C9H8O2.Cs/c1-2-7-3-5-8(6-4-7)9(10)11;/h2-6H,1H2,(H,10,11);/q;+1/p-1. The molecule has 0 aliphatic carbocycles. The average molecular weight is 280 g/mol. The Kier molecular flexibility index (Phi) is 6.26. The Bertz CT molecular complexity index is 277. The molecule has 1 rings (SSSR count). The maximum Gasteiger partial charge on any atom is 1.00 e. The first kappa shape index (κ1) is 12.5. The van der Waals surface area contributed by atoms with Gasteiger partial charge >= 0.3 is 68.9 Å². The van der Waals surface area contributed by atoms with Crippen LogP contribution in [0.5, 0.6) is 0 Å². The van der Waals surface area contributed by atoms with Crippen LogP contribution in [0.2, 0.25) is 0 Å². The van der Waals surface area contributed by atoms with Gasteiger partial charge in [-0.1, -0.05) is 36.9 Å². The molecule has 0 heterocycles. The molecule has 0 amide bonds. The van der Waals surface area contributed by atoms with Crippen molar-refractivity contribution in [2.45, 2.75) is 0 Å². The van der Waals surface area contributed by atoms with E-state index in [-0.39, 0.29) is 74.5 Å². The van der Waals surface area contributed by atoms with E-state index in [0.717, 1.165) is 5.56 Å². The number of carbonyl (C=O) groups is 1. The van der Waals surface area contributed by atoms with Crippen molar-refractivity contribution in [1.29, 1.82) is 0 Å². The Morgan fingerprint density at radius 3 is 2.17 bits per heavy atom. The van der Waals surface area contributed by atoms with Gasteiger partial charge in [0.2, 0.25) is 0 Å². The van der Waals surface area contributed by atoms with E-state index >= 15 is 0 Å². The van der Waals surface area contributed by atoms with Crippen molar-refractivity contribution in [3.63, 3.8) is 0 Å². The molecule has 0 spiro atoms. The molecule has 12 heavy (non-hydrogen) atoms. The van der Waals surface area contributed by atoms with E-state index in [1.165, 1.54) is 12.1 Å². The molecule has 2 nitrogen and oxygen atoms in total. The molecule has 0 aliphatic rings. The largest absolute Gasteiger partial charge is 1.00 e. The van der Waals surface area contributed by atoms with Crippen molar-refractivity contribution in [3.05, 3.63) is 42.0 Å². The second-order valence-electron chi connectivity index (χ2n) is 2.11. The van der Waals surface area contributed by atoms with Gasteiger partial charge in [-0.15, -0.1) is 0 Å². The summed E-state index contributed by atoms with van der Waals surface area (Å²) in [6, 6.07) is 6.34. The molecule has 56 valence electrons. The van der Waals surface area contributed by atoms with Crippen LogP contribution in [0, 0.1) is 0 Å². The van der Waals surface area contributed by atoms with Gasteiger partial charge in [0.1, 0.15) is 0 Å². The van der Waals surface area contributed by atoms with E-state index in [4.69, 9.17) is 0 Å². The predicted molar refractivity (Wildman–Crippen MR) is 40.9 cm³/mol. The number of aromatic carboxylic acids is 1. The van der Waals surface area contributed by atoms with Gasteiger partial charge in [0.25, 0.3) is 0 Å². The van der Waals surface area contributed by atoms with Crippen LogP contribution < -0.4 is 74.0 Å². The summed E-state index contributed by atoms with van der Waals surface area (Å²) in [5, 5.41) is 10.3. The van der Waals surface area contributed by atoms with Crippen LogP contribution in [0.25, 0.3) is 6.08 Å². The predicted octanol–water partition coefficient (Wildman–Crippen LogP) is -2.30. The van der Waals surface area contributed by atoms with Crippen LogP contribution in [-0.4, -0.2) is 5.97 Å². The van der Waals surface area contributed by atoms with Crippen LogP contribution in [-0.2, 0) is 0 Å². The minimum absolute atomic E-state index is 0. The summed E-state index contributed by atoms with van der Waals surface area (Å²) in [6.45, 7) is 3.54. The van der Waals surface area contributed by atoms with E-state index in [1.807, 2.05) is 0 Å². The SMILES string of the molecule is C=Cc1ccc(C(=O)[O-])cc1.[Cs+]. The Morgan fingerprint density at radius 2 is 1.83 bits per heavy atom.